The Hall–Kier alpha value is -3.84. The number of halogens is 6. The molecular formula is C30H36F6N6O3. The molecule has 1 N–H and O–H groups in total. The fourth-order valence-electron chi connectivity index (χ4n) is 5.58. The number of carbonyl (C=O) groups excluding carboxylic acids is 1. The first-order valence-electron chi connectivity index (χ1n) is 14.6. The zero-order valence-corrected chi connectivity index (χ0v) is 25.0. The van der Waals surface area contributed by atoms with E-state index in [2.05, 4.69) is 25.0 Å². The summed E-state index contributed by atoms with van der Waals surface area (Å²) in [5, 5.41) is 6.67. The van der Waals surface area contributed by atoms with Gasteiger partial charge < -0.3 is 24.6 Å². The normalized spacial score (nSPS) is 19.6. The van der Waals surface area contributed by atoms with Crippen LogP contribution in [0.25, 0.3) is 10.4 Å². The topological polar surface area (TPSA) is 103 Å². The smallest absolute Gasteiger partial charge is 0.405 e. The number of piperazine rings is 1. The maximum Gasteiger partial charge on any atom is 0.573 e. The predicted molar refractivity (Wildman–Crippen MR) is 156 cm³/mol. The van der Waals surface area contributed by atoms with Crippen LogP contribution in [0.15, 0.2) is 47.6 Å². The summed E-state index contributed by atoms with van der Waals surface area (Å²) in [7, 11) is 0. The molecule has 2 fully saturated rings. The molecule has 0 atom stereocenters. The monoisotopic (exact) mass is 642 g/mol. The second-order valence-electron chi connectivity index (χ2n) is 11.9. The third kappa shape index (κ3) is 9.57. The summed E-state index contributed by atoms with van der Waals surface area (Å²) in [4.78, 5) is 19.6. The summed E-state index contributed by atoms with van der Waals surface area (Å²) in [5.74, 6) is -1.41. The quantitative estimate of drug-likeness (QED) is 0.127. The zero-order chi connectivity index (χ0) is 32.8. The van der Waals surface area contributed by atoms with E-state index in [9.17, 15) is 31.1 Å². The molecule has 0 unspecified atom stereocenters. The molecule has 0 radical (unpaired) electrons. The van der Waals surface area contributed by atoms with Crippen LogP contribution in [0, 0.1) is 0 Å². The lowest BCUT2D eigenvalue weighted by atomic mass is 9.85. The molecule has 4 rings (SSSR count). The van der Waals surface area contributed by atoms with Gasteiger partial charge in [0.1, 0.15) is 12.4 Å². The van der Waals surface area contributed by atoms with Gasteiger partial charge in [0, 0.05) is 55.1 Å². The molecule has 45 heavy (non-hydrogen) atoms. The number of benzene rings is 2. The highest BCUT2D eigenvalue weighted by molar-refractivity contribution is 5.77. The maximum atomic E-state index is 13.4. The lowest BCUT2D eigenvalue weighted by Crippen LogP contribution is -2.50. The molecule has 0 bridgehead atoms. The zero-order valence-electron chi connectivity index (χ0n) is 25.0. The van der Waals surface area contributed by atoms with Gasteiger partial charge >= 0.3 is 12.5 Å². The molecule has 0 spiro atoms. The van der Waals surface area contributed by atoms with Gasteiger partial charge in [0.25, 0.3) is 0 Å². The number of ether oxygens (including phenoxy) is 2. The Morgan fingerprint density at radius 1 is 0.978 bits per heavy atom. The molecule has 2 aliphatic rings. The van der Waals surface area contributed by atoms with Crippen molar-refractivity contribution in [2.45, 2.75) is 69.6 Å². The fourth-order valence-corrected chi connectivity index (χ4v) is 5.58. The Bertz CT molecular complexity index is 1350. The van der Waals surface area contributed by atoms with Crippen LogP contribution in [0.4, 0.5) is 37.7 Å². The highest BCUT2D eigenvalue weighted by Crippen LogP contribution is 2.40. The summed E-state index contributed by atoms with van der Waals surface area (Å²) in [6, 6.07) is 10.3. The van der Waals surface area contributed by atoms with E-state index in [4.69, 9.17) is 10.3 Å². The van der Waals surface area contributed by atoms with Crippen LogP contribution in [0.1, 0.15) is 50.7 Å². The van der Waals surface area contributed by atoms with Crippen molar-refractivity contribution in [1.82, 2.24) is 4.90 Å². The summed E-state index contributed by atoms with van der Waals surface area (Å²) in [6.45, 7) is 6.78. The van der Waals surface area contributed by atoms with E-state index in [0.29, 0.717) is 70.5 Å². The molecule has 1 aliphatic heterocycles. The van der Waals surface area contributed by atoms with Gasteiger partial charge in [-0.15, -0.1) is 13.2 Å². The van der Waals surface area contributed by atoms with E-state index in [0.717, 1.165) is 17.3 Å². The Morgan fingerprint density at radius 3 is 2.20 bits per heavy atom. The Kier molecular flexibility index (Phi) is 10.6. The van der Waals surface area contributed by atoms with Gasteiger partial charge in [-0.3, -0.25) is 4.79 Å². The van der Waals surface area contributed by atoms with Crippen LogP contribution in [0.2, 0.25) is 0 Å². The van der Waals surface area contributed by atoms with E-state index in [1.165, 1.54) is 0 Å². The summed E-state index contributed by atoms with van der Waals surface area (Å²) in [5.41, 5.74) is 8.99. The van der Waals surface area contributed by atoms with Crippen LogP contribution < -0.4 is 15.0 Å². The number of carbonyl (C=O) groups is 1. The Labute approximate surface area is 257 Å². The van der Waals surface area contributed by atoms with Crippen LogP contribution >= 0.6 is 0 Å². The molecule has 0 aromatic heterocycles. The second-order valence-corrected chi connectivity index (χ2v) is 11.9. The van der Waals surface area contributed by atoms with E-state index >= 15 is 0 Å². The van der Waals surface area contributed by atoms with Crippen LogP contribution in [-0.4, -0.2) is 68.6 Å². The second kappa shape index (κ2) is 14.1. The standard InChI is InChI=1S/C30H36F6N6O3/c1-28(2,19-38-40-37)20-3-8-23(9-4-20)41-13-15-42(16-14-41)27(43)18-44-24-10-5-21(6-11-24)39-22-7-12-26(45-30(34,35)36)25(17-22)29(31,32)33/h3-4,7-9,12,17,21,24,39H,5-6,10-11,13-16,18-19H2,1-2H3. The van der Waals surface area contributed by atoms with E-state index < -0.39 is 23.9 Å². The lowest BCUT2D eigenvalue weighted by Gasteiger charge is -2.37. The van der Waals surface area contributed by atoms with Crippen molar-refractivity contribution in [3.05, 3.63) is 64.0 Å². The van der Waals surface area contributed by atoms with Gasteiger partial charge in [-0.05, 0) is 72.5 Å². The molecule has 246 valence electrons. The van der Waals surface area contributed by atoms with Crippen LogP contribution in [0.3, 0.4) is 0 Å². The Balaban J connectivity index is 1.20. The molecule has 2 aromatic rings. The summed E-state index contributed by atoms with van der Waals surface area (Å²) >= 11 is 0. The molecule has 1 saturated carbocycles. The van der Waals surface area contributed by atoms with Crippen molar-refractivity contribution in [2.75, 3.05) is 49.5 Å². The predicted octanol–water partition coefficient (Wildman–Crippen LogP) is 7.28. The molecule has 1 amide bonds. The minimum atomic E-state index is -5.25. The number of nitrogens with one attached hydrogen (secondary N) is 1. The molecule has 1 heterocycles. The van der Waals surface area contributed by atoms with Crippen LogP contribution in [0.5, 0.6) is 5.75 Å². The van der Waals surface area contributed by atoms with E-state index in [-0.39, 0.29) is 35.8 Å². The summed E-state index contributed by atoms with van der Waals surface area (Å²) in [6.07, 6.45) is -8.18. The average molecular weight is 643 g/mol. The molecule has 2 aromatic carbocycles. The average Bonchev–Trinajstić information content (AvgIpc) is 2.99. The highest BCUT2D eigenvalue weighted by Gasteiger charge is 2.39. The first kappa shape index (κ1) is 34.0. The highest BCUT2D eigenvalue weighted by atomic mass is 19.4. The van der Waals surface area contributed by atoms with Gasteiger partial charge in [-0.1, -0.05) is 31.1 Å². The molecule has 1 aliphatic carbocycles. The molecular weight excluding hydrogens is 606 g/mol. The number of amides is 1. The van der Waals surface area contributed by atoms with Crippen molar-refractivity contribution in [3.8, 4) is 5.75 Å². The lowest BCUT2D eigenvalue weighted by molar-refractivity contribution is -0.276. The van der Waals surface area contributed by atoms with Gasteiger partial charge in [-0.2, -0.15) is 13.2 Å². The van der Waals surface area contributed by atoms with Gasteiger partial charge in [0.05, 0.1) is 11.7 Å². The number of alkyl halides is 6. The van der Waals surface area contributed by atoms with Gasteiger partial charge in [0.15, 0.2) is 0 Å². The number of anilines is 2. The maximum absolute atomic E-state index is 13.4. The van der Waals surface area contributed by atoms with Crippen molar-refractivity contribution < 1.29 is 40.6 Å². The largest absolute Gasteiger partial charge is 0.573 e. The molecule has 15 heteroatoms. The first-order chi connectivity index (χ1) is 21.1. The number of rotatable bonds is 10. The Morgan fingerprint density at radius 2 is 1.62 bits per heavy atom. The van der Waals surface area contributed by atoms with Gasteiger partial charge in [0.2, 0.25) is 5.91 Å². The van der Waals surface area contributed by atoms with Crippen molar-refractivity contribution in [2.24, 2.45) is 5.11 Å². The number of nitrogens with zero attached hydrogens (tertiary/aromatic N) is 5. The minimum absolute atomic E-state index is 0.0423. The third-order valence-corrected chi connectivity index (χ3v) is 8.17. The van der Waals surface area contributed by atoms with Crippen LogP contribution in [-0.2, 0) is 21.1 Å². The molecule has 1 saturated heterocycles. The van der Waals surface area contributed by atoms with Crippen molar-refractivity contribution in [1.29, 1.82) is 0 Å². The van der Waals surface area contributed by atoms with Gasteiger partial charge in [-0.25, -0.2) is 0 Å². The SMILES string of the molecule is CC(C)(CN=[N+]=[N-])c1ccc(N2CCN(C(=O)COC3CCC(Nc4ccc(OC(F)(F)F)c(C(F)(F)F)c4)CC3)CC2)cc1. The summed E-state index contributed by atoms with van der Waals surface area (Å²) < 4.78 is 87.1. The van der Waals surface area contributed by atoms with E-state index in [1.807, 2.05) is 38.1 Å². The number of hydrogen-bond donors (Lipinski definition) is 1. The number of azide groups is 1. The minimum Gasteiger partial charge on any atom is -0.405 e. The van der Waals surface area contributed by atoms with Crippen molar-refractivity contribution in [3.63, 3.8) is 0 Å². The fraction of sp³-hybridized carbons (Fsp3) is 0.567. The van der Waals surface area contributed by atoms with Crippen molar-refractivity contribution >= 4 is 17.3 Å². The molecule has 9 nitrogen and oxygen atoms in total. The third-order valence-electron chi connectivity index (χ3n) is 8.17. The first-order valence-corrected chi connectivity index (χ1v) is 14.6. The number of hydrogen-bond acceptors (Lipinski definition) is 6. The van der Waals surface area contributed by atoms with E-state index in [1.54, 1.807) is 4.90 Å².